The largest absolute Gasteiger partial charge is 0.379 e. The second-order valence-electron chi connectivity index (χ2n) is 8.60. The number of nitrogens with one attached hydrogen (secondary N) is 1. The predicted octanol–water partition coefficient (Wildman–Crippen LogP) is 2.10. The average Bonchev–Trinajstić information content (AvgIpc) is 3.47. The van der Waals surface area contributed by atoms with E-state index in [0.717, 1.165) is 25.9 Å². The molecule has 5 rings (SSSR count). The van der Waals surface area contributed by atoms with E-state index < -0.39 is 10.0 Å². The molecule has 10 heteroatoms. The minimum atomic E-state index is -3.67. The van der Waals surface area contributed by atoms with E-state index in [4.69, 9.17) is 4.74 Å². The van der Waals surface area contributed by atoms with E-state index in [1.807, 2.05) is 17.0 Å². The average molecular weight is 489 g/mol. The van der Waals surface area contributed by atoms with Crippen molar-refractivity contribution in [3.05, 3.63) is 52.2 Å². The molecule has 33 heavy (non-hydrogen) atoms. The van der Waals surface area contributed by atoms with Gasteiger partial charge in [0.05, 0.1) is 25.2 Å². The minimum Gasteiger partial charge on any atom is -0.379 e. The number of amidine groups is 1. The maximum atomic E-state index is 13.2. The molecule has 0 aliphatic carbocycles. The Hall–Kier alpha value is -2.27. The number of nitrogens with zero attached hydrogens (tertiary/aromatic N) is 3. The molecule has 1 aromatic carbocycles. The standard InChI is InChI=1S/C23H28N4O4S2/c28-23(24-15-19(20-7-4-14-32-20)26-10-12-31-13-11-26)17-5-3-9-27(16-17)22-18-6-1-2-8-21(18)33(29,30)25-22/h1-2,4,6-8,14,17,19H,3,5,9-13,15-16H2,(H,24,28)/t17-,19-/m0/s1. The van der Waals surface area contributed by atoms with Gasteiger partial charge in [0, 0.05) is 43.2 Å². The quantitative estimate of drug-likeness (QED) is 0.693. The molecule has 3 aliphatic rings. The fraction of sp³-hybridized carbons (Fsp3) is 0.478. The molecule has 0 bridgehead atoms. The molecule has 0 radical (unpaired) electrons. The summed E-state index contributed by atoms with van der Waals surface area (Å²) in [4.78, 5) is 19.0. The van der Waals surface area contributed by atoms with Gasteiger partial charge in [-0.25, -0.2) is 0 Å². The van der Waals surface area contributed by atoms with Gasteiger partial charge in [0.25, 0.3) is 10.0 Å². The highest BCUT2D eigenvalue weighted by atomic mass is 32.2. The van der Waals surface area contributed by atoms with Gasteiger partial charge in [0.15, 0.2) is 5.84 Å². The summed E-state index contributed by atoms with van der Waals surface area (Å²) in [6, 6.07) is 11.2. The molecule has 2 saturated heterocycles. The van der Waals surface area contributed by atoms with Gasteiger partial charge in [-0.1, -0.05) is 18.2 Å². The number of hydrogen-bond donors (Lipinski definition) is 1. The molecule has 0 unspecified atom stereocenters. The summed E-state index contributed by atoms with van der Waals surface area (Å²) >= 11 is 1.71. The molecular formula is C23H28N4O4S2. The highest BCUT2D eigenvalue weighted by molar-refractivity contribution is 7.90. The Morgan fingerprint density at radius 2 is 2.00 bits per heavy atom. The topological polar surface area (TPSA) is 91.3 Å². The number of carbonyl (C=O) groups excluding carboxylic acids is 1. The number of likely N-dealkylation sites (tertiary alicyclic amines) is 1. The number of sulfonamides is 1. The Labute approximate surface area is 198 Å². The lowest BCUT2D eigenvalue weighted by Gasteiger charge is -2.36. The minimum absolute atomic E-state index is 0.0178. The second kappa shape index (κ2) is 9.54. The first-order chi connectivity index (χ1) is 16.0. The van der Waals surface area contributed by atoms with Gasteiger partial charge in [-0.05, 0) is 36.4 Å². The highest BCUT2D eigenvalue weighted by Gasteiger charge is 2.35. The summed E-state index contributed by atoms with van der Waals surface area (Å²) in [5, 5.41) is 5.25. The summed E-state index contributed by atoms with van der Waals surface area (Å²) in [5.74, 6) is 0.280. The van der Waals surface area contributed by atoms with Crippen LogP contribution in [0.2, 0.25) is 0 Å². The maximum absolute atomic E-state index is 13.2. The van der Waals surface area contributed by atoms with E-state index in [9.17, 15) is 13.2 Å². The van der Waals surface area contributed by atoms with Crippen molar-refractivity contribution in [3.63, 3.8) is 0 Å². The van der Waals surface area contributed by atoms with Crippen molar-refractivity contribution in [2.24, 2.45) is 10.3 Å². The van der Waals surface area contributed by atoms with E-state index in [1.165, 1.54) is 4.88 Å². The van der Waals surface area contributed by atoms with Gasteiger partial charge in [-0.15, -0.1) is 15.7 Å². The normalized spacial score (nSPS) is 23.6. The van der Waals surface area contributed by atoms with Crippen LogP contribution >= 0.6 is 11.3 Å². The number of carbonyl (C=O) groups is 1. The van der Waals surface area contributed by atoms with E-state index >= 15 is 0 Å². The van der Waals surface area contributed by atoms with Gasteiger partial charge in [0.1, 0.15) is 4.90 Å². The Balaban J connectivity index is 1.26. The molecule has 0 spiro atoms. The highest BCUT2D eigenvalue weighted by Crippen LogP contribution is 2.30. The Bertz CT molecular complexity index is 1130. The van der Waals surface area contributed by atoms with Crippen LogP contribution in [0.3, 0.4) is 0 Å². The number of benzene rings is 1. The van der Waals surface area contributed by atoms with Gasteiger partial charge in [-0.2, -0.15) is 8.42 Å². The lowest BCUT2D eigenvalue weighted by atomic mass is 9.96. The van der Waals surface area contributed by atoms with Gasteiger partial charge >= 0.3 is 0 Å². The molecule has 2 aromatic rings. The fourth-order valence-electron chi connectivity index (χ4n) is 4.82. The first-order valence-corrected chi connectivity index (χ1v) is 13.7. The molecule has 1 N–H and O–H groups in total. The van der Waals surface area contributed by atoms with Crippen LogP contribution in [0.5, 0.6) is 0 Å². The molecular weight excluding hydrogens is 460 g/mol. The first-order valence-electron chi connectivity index (χ1n) is 11.3. The van der Waals surface area contributed by atoms with E-state index in [1.54, 1.807) is 29.5 Å². The third-order valence-corrected chi connectivity index (χ3v) is 8.83. The number of fused-ring (bicyclic) bond motifs is 1. The molecule has 2 fully saturated rings. The van der Waals surface area contributed by atoms with Crippen LogP contribution in [0.25, 0.3) is 0 Å². The molecule has 8 nitrogen and oxygen atoms in total. The van der Waals surface area contributed by atoms with Crippen LogP contribution in [0.15, 0.2) is 51.1 Å². The molecule has 2 atom stereocenters. The monoisotopic (exact) mass is 488 g/mol. The van der Waals surface area contributed by atoms with Crippen molar-refractivity contribution in [2.75, 3.05) is 45.9 Å². The van der Waals surface area contributed by atoms with Gasteiger partial charge < -0.3 is 15.0 Å². The van der Waals surface area contributed by atoms with Crippen LogP contribution in [-0.2, 0) is 19.6 Å². The van der Waals surface area contributed by atoms with E-state index in [0.29, 0.717) is 44.2 Å². The molecule has 176 valence electrons. The second-order valence-corrected chi connectivity index (χ2v) is 11.1. The van der Waals surface area contributed by atoms with Crippen molar-refractivity contribution < 1.29 is 17.9 Å². The molecule has 4 heterocycles. The Kier molecular flexibility index (Phi) is 6.51. The number of hydrogen-bond acceptors (Lipinski definition) is 7. The number of morpholine rings is 1. The molecule has 1 aromatic heterocycles. The zero-order valence-corrected chi connectivity index (χ0v) is 20.0. The maximum Gasteiger partial charge on any atom is 0.285 e. The number of piperidine rings is 1. The van der Waals surface area contributed by atoms with Crippen LogP contribution in [0.4, 0.5) is 0 Å². The number of thiophene rings is 1. The fourth-order valence-corrected chi connectivity index (χ4v) is 6.91. The zero-order valence-electron chi connectivity index (χ0n) is 18.4. The summed E-state index contributed by atoms with van der Waals surface area (Å²) in [6.45, 7) is 4.83. The lowest BCUT2D eigenvalue weighted by molar-refractivity contribution is -0.126. The van der Waals surface area contributed by atoms with Gasteiger partial charge in [0.2, 0.25) is 5.91 Å². The van der Waals surface area contributed by atoms with Crippen LogP contribution in [0, 0.1) is 5.92 Å². The third kappa shape index (κ3) is 4.70. The smallest absolute Gasteiger partial charge is 0.285 e. The third-order valence-electron chi connectivity index (χ3n) is 6.53. The summed E-state index contributed by atoms with van der Waals surface area (Å²) < 4.78 is 34.5. The van der Waals surface area contributed by atoms with E-state index in [-0.39, 0.29) is 22.8 Å². The van der Waals surface area contributed by atoms with Crippen molar-refractivity contribution in [1.82, 2.24) is 15.1 Å². The molecule has 1 amide bonds. The van der Waals surface area contributed by atoms with Crippen molar-refractivity contribution in [1.29, 1.82) is 0 Å². The number of amides is 1. The number of ether oxygens (including phenoxy) is 1. The molecule has 3 aliphatic heterocycles. The zero-order chi connectivity index (χ0) is 22.8. The number of rotatable bonds is 5. The van der Waals surface area contributed by atoms with Crippen LogP contribution < -0.4 is 5.32 Å². The lowest BCUT2D eigenvalue weighted by Crippen LogP contribution is -2.48. The Morgan fingerprint density at radius 3 is 2.79 bits per heavy atom. The van der Waals surface area contributed by atoms with Crippen molar-refractivity contribution >= 4 is 33.1 Å². The Morgan fingerprint density at radius 1 is 1.18 bits per heavy atom. The van der Waals surface area contributed by atoms with Crippen LogP contribution in [0.1, 0.15) is 29.3 Å². The van der Waals surface area contributed by atoms with E-state index in [2.05, 4.69) is 26.1 Å². The molecule has 0 saturated carbocycles. The summed E-state index contributed by atoms with van der Waals surface area (Å²) in [5.41, 5.74) is 0.628. The first kappa shape index (κ1) is 22.5. The SMILES string of the molecule is O=C(NC[C@@H](c1cccs1)N1CCOCC1)[C@H]1CCCN(C2=NS(=O)(=O)c3ccccc32)C1. The van der Waals surface area contributed by atoms with Crippen LogP contribution in [-0.4, -0.2) is 75.9 Å². The summed E-state index contributed by atoms with van der Waals surface area (Å²) in [6.07, 6.45) is 1.60. The predicted molar refractivity (Wildman–Crippen MR) is 127 cm³/mol. The van der Waals surface area contributed by atoms with Gasteiger partial charge in [-0.3, -0.25) is 9.69 Å². The van der Waals surface area contributed by atoms with Crippen molar-refractivity contribution in [3.8, 4) is 0 Å². The van der Waals surface area contributed by atoms with Crippen molar-refractivity contribution in [2.45, 2.75) is 23.8 Å². The summed E-state index contributed by atoms with van der Waals surface area (Å²) in [7, 11) is -3.67.